The van der Waals surface area contributed by atoms with Gasteiger partial charge in [-0.25, -0.2) is 4.98 Å². The summed E-state index contributed by atoms with van der Waals surface area (Å²) in [5.41, 5.74) is 1.72. The monoisotopic (exact) mass is 247 g/mol. The number of carboxylic acids is 1. The number of aliphatic carboxylic acids is 1. The Bertz CT molecular complexity index is 503. The van der Waals surface area contributed by atoms with E-state index < -0.39 is 12.0 Å². The summed E-state index contributed by atoms with van der Waals surface area (Å²) in [5, 5.41) is 12.1. The number of imidazole rings is 1. The molecular formula is C13H17N3O2. The van der Waals surface area contributed by atoms with Crippen LogP contribution in [0.15, 0.2) is 30.6 Å². The van der Waals surface area contributed by atoms with Crippen LogP contribution in [0.2, 0.25) is 0 Å². The van der Waals surface area contributed by atoms with Gasteiger partial charge in [0, 0.05) is 18.9 Å². The molecule has 1 unspecified atom stereocenters. The van der Waals surface area contributed by atoms with Crippen LogP contribution >= 0.6 is 0 Å². The van der Waals surface area contributed by atoms with Crippen molar-refractivity contribution in [3.63, 3.8) is 0 Å². The Morgan fingerprint density at radius 1 is 1.56 bits per heavy atom. The minimum absolute atomic E-state index is 0.471. The fourth-order valence-corrected chi connectivity index (χ4v) is 1.90. The normalized spacial score (nSPS) is 12.7. The molecule has 0 amide bonds. The molecule has 0 spiro atoms. The first-order valence-corrected chi connectivity index (χ1v) is 6.09. The zero-order valence-electron chi connectivity index (χ0n) is 10.3. The average Bonchev–Trinajstić information content (AvgIpc) is 2.76. The fraction of sp³-hybridized carbons (Fsp3) is 0.385. The highest BCUT2D eigenvalue weighted by Crippen LogP contribution is 2.05. The Kier molecular flexibility index (Phi) is 3.94. The predicted molar refractivity (Wildman–Crippen MR) is 68.4 cm³/mol. The quantitative estimate of drug-likeness (QED) is 0.815. The number of pyridine rings is 1. The van der Waals surface area contributed by atoms with Gasteiger partial charge in [0.15, 0.2) is 0 Å². The molecular weight excluding hydrogens is 230 g/mol. The van der Waals surface area contributed by atoms with E-state index in [1.54, 1.807) is 0 Å². The first-order chi connectivity index (χ1) is 8.70. The summed E-state index contributed by atoms with van der Waals surface area (Å²) in [7, 11) is 0. The van der Waals surface area contributed by atoms with E-state index in [0.29, 0.717) is 13.0 Å². The van der Waals surface area contributed by atoms with Crippen LogP contribution in [0, 0.1) is 0 Å². The molecule has 0 aromatic carbocycles. The maximum Gasteiger partial charge on any atom is 0.320 e. The van der Waals surface area contributed by atoms with Gasteiger partial charge in [0.1, 0.15) is 11.7 Å². The molecule has 0 aliphatic rings. The number of hydrogen-bond donors (Lipinski definition) is 2. The number of carboxylic acid groups (broad SMARTS) is 1. The highest BCUT2D eigenvalue weighted by atomic mass is 16.4. The van der Waals surface area contributed by atoms with E-state index >= 15 is 0 Å². The maximum absolute atomic E-state index is 11.0. The molecule has 2 rings (SSSR count). The predicted octanol–water partition coefficient (Wildman–Crippen LogP) is 1.68. The Labute approximate surface area is 105 Å². The summed E-state index contributed by atoms with van der Waals surface area (Å²) < 4.78 is 1.92. The molecule has 2 aromatic rings. The van der Waals surface area contributed by atoms with E-state index in [0.717, 1.165) is 17.8 Å². The van der Waals surface area contributed by atoms with Gasteiger partial charge in [0.25, 0.3) is 0 Å². The van der Waals surface area contributed by atoms with Crippen molar-refractivity contribution in [2.24, 2.45) is 0 Å². The number of rotatable bonds is 6. The first-order valence-electron chi connectivity index (χ1n) is 6.09. The largest absolute Gasteiger partial charge is 0.480 e. The minimum atomic E-state index is -0.805. The molecule has 0 aliphatic carbocycles. The number of fused-ring (bicyclic) bond motifs is 1. The summed E-state index contributed by atoms with van der Waals surface area (Å²) in [4.78, 5) is 15.4. The SMILES string of the molecule is CCCC(NCc1cn2ccccc2n1)C(=O)O. The van der Waals surface area contributed by atoms with Crippen LogP contribution in [0.1, 0.15) is 25.5 Å². The van der Waals surface area contributed by atoms with Crippen LogP contribution < -0.4 is 5.32 Å². The Hall–Kier alpha value is -1.88. The lowest BCUT2D eigenvalue weighted by atomic mass is 10.1. The van der Waals surface area contributed by atoms with Gasteiger partial charge in [-0.1, -0.05) is 19.4 Å². The van der Waals surface area contributed by atoms with Crippen LogP contribution in [0.4, 0.5) is 0 Å². The molecule has 5 heteroatoms. The van der Waals surface area contributed by atoms with Gasteiger partial charge in [0.2, 0.25) is 0 Å². The van der Waals surface area contributed by atoms with Crippen molar-refractivity contribution in [2.45, 2.75) is 32.4 Å². The summed E-state index contributed by atoms with van der Waals surface area (Å²) >= 11 is 0. The van der Waals surface area contributed by atoms with Crippen LogP contribution in [0.5, 0.6) is 0 Å². The molecule has 2 aromatic heterocycles. The van der Waals surface area contributed by atoms with Gasteiger partial charge < -0.3 is 9.51 Å². The molecule has 0 saturated heterocycles. The topological polar surface area (TPSA) is 66.6 Å². The standard InChI is InChI=1S/C13H17N3O2/c1-2-5-11(13(17)18)14-8-10-9-16-7-4-3-6-12(16)15-10/h3-4,6-7,9,11,14H,2,5,8H2,1H3,(H,17,18). The van der Waals surface area contributed by atoms with E-state index in [1.165, 1.54) is 0 Å². The summed E-state index contributed by atoms with van der Waals surface area (Å²) in [5.74, 6) is -0.805. The van der Waals surface area contributed by atoms with Crippen molar-refractivity contribution in [1.29, 1.82) is 0 Å². The van der Waals surface area contributed by atoms with Gasteiger partial charge in [0.05, 0.1) is 5.69 Å². The van der Waals surface area contributed by atoms with Gasteiger partial charge >= 0.3 is 5.97 Å². The second-order valence-electron chi connectivity index (χ2n) is 4.26. The molecule has 2 N–H and O–H groups in total. The van der Waals surface area contributed by atoms with E-state index in [9.17, 15) is 4.79 Å². The summed E-state index contributed by atoms with van der Waals surface area (Å²) in [6.45, 7) is 2.45. The summed E-state index contributed by atoms with van der Waals surface area (Å²) in [6, 6.07) is 5.28. The van der Waals surface area contributed by atoms with Gasteiger partial charge in [-0.15, -0.1) is 0 Å². The van der Waals surface area contributed by atoms with Crippen LogP contribution in [0.25, 0.3) is 5.65 Å². The molecule has 2 heterocycles. The lowest BCUT2D eigenvalue weighted by Crippen LogP contribution is -2.36. The molecule has 96 valence electrons. The number of carbonyl (C=O) groups is 1. The van der Waals surface area contributed by atoms with Crippen LogP contribution in [-0.4, -0.2) is 26.5 Å². The number of aromatic nitrogens is 2. The molecule has 18 heavy (non-hydrogen) atoms. The fourth-order valence-electron chi connectivity index (χ4n) is 1.90. The number of nitrogens with zero attached hydrogens (tertiary/aromatic N) is 2. The smallest absolute Gasteiger partial charge is 0.320 e. The van der Waals surface area contributed by atoms with Crippen molar-refractivity contribution in [1.82, 2.24) is 14.7 Å². The lowest BCUT2D eigenvalue weighted by molar-refractivity contribution is -0.139. The highest BCUT2D eigenvalue weighted by molar-refractivity contribution is 5.73. The van der Waals surface area contributed by atoms with Crippen molar-refractivity contribution >= 4 is 11.6 Å². The van der Waals surface area contributed by atoms with Crippen LogP contribution in [-0.2, 0) is 11.3 Å². The molecule has 1 atom stereocenters. The van der Waals surface area contributed by atoms with Gasteiger partial charge in [-0.05, 0) is 18.6 Å². The molecule has 5 nitrogen and oxygen atoms in total. The van der Waals surface area contributed by atoms with Gasteiger partial charge in [-0.2, -0.15) is 0 Å². The molecule has 0 bridgehead atoms. The zero-order valence-corrected chi connectivity index (χ0v) is 10.3. The number of hydrogen-bond acceptors (Lipinski definition) is 3. The second-order valence-corrected chi connectivity index (χ2v) is 4.26. The van der Waals surface area contributed by atoms with E-state index in [4.69, 9.17) is 5.11 Å². The third-order valence-corrected chi connectivity index (χ3v) is 2.82. The third-order valence-electron chi connectivity index (χ3n) is 2.82. The van der Waals surface area contributed by atoms with Crippen LogP contribution in [0.3, 0.4) is 0 Å². The van der Waals surface area contributed by atoms with E-state index in [1.807, 2.05) is 41.9 Å². The van der Waals surface area contributed by atoms with Crippen molar-refractivity contribution in [2.75, 3.05) is 0 Å². The second kappa shape index (κ2) is 5.64. The highest BCUT2D eigenvalue weighted by Gasteiger charge is 2.15. The van der Waals surface area contributed by atoms with Crippen molar-refractivity contribution < 1.29 is 9.90 Å². The minimum Gasteiger partial charge on any atom is -0.480 e. The lowest BCUT2D eigenvalue weighted by Gasteiger charge is -2.11. The van der Waals surface area contributed by atoms with E-state index in [2.05, 4.69) is 10.3 Å². The zero-order chi connectivity index (χ0) is 13.0. The van der Waals surface area contributed by atoms with Gasteiger partial charge in [-0.3, -0.25) is 10.1 Å². The number of nitrogens with one attached hydrogen (secondary N) is 1. The Morgan fingerprint density at radius 3 is 3.06 bits per heavy atom. The molecule has 0 radical (unpaired) electrons. The maximum atomic E-state index is 11.0. The average molecular weight is 247 g/mol. The van der Waals surface area contributed by atoms with E-state index in [-0.39, 0.29) is 0 Å². The van der Waals surface area contributed by atoms with Crippen molar-refractivity contribution in [3.8, 4) is 0 Å². The summed E-state index contributed by atoms with van der Waals surface area (Å²) in [6.07, 6.45) is 5.30. The third kappa shape index (κ3) is 2.87. The Morgan fingerprint density at radius 2 is 2.39 bits per heavy atom. The van der Waals surface area contributed by atoms with Crippen molar-refractivity contribution in [3.05, 3.63) is 36.3 Å². The molecule has 0 aliphatic heterocycles. The Balaban J connectivity index is 2.02. The molecule has 0 saturated carbocycles. The first kappa shape index (κ1) is 12.6. The molecule has 0 fully saturated rings.